The predicted molar refractivity (Wildman–Crippen MR) is 96.5 cm³/mol. The predicted octanol–water partition coefficient (Wildman–Crippen LogP) is 2.69. The molecule has 4 nitrogen and oxygen atoms in total. The maximum absolute atomic E-state index is 5.25. The van der Waals surface area contributed by atoms with Crippen molar-refractivity contribution in [1.29, 1.82) is 0 Å². The Hall–Kier alpha value is -1.26. The number of piperazine rings is 1. The van der Waals surface area contributed by atoms with E-state index >= 15 is 0 Å². The molecule has 2 aliphatic rings. The highest BCUT2D eigenvalue weighted by atomic mass is 16.5. The van der Waals surface area contributed by atoms with Crippen molar-refractivity contribution in [3.63, 3.8) is 0 Å². The molecule has 2 saturated heterocycles. The van der Waals surface area contributed by atoms with E-state index in [9.17, 15) is 0 Å². The molecule has 0 amide bonds. The number of benzene rings is 1. The summed E-state index contributed by atoms with van der Waals surface area (Å²) in [6.45, 7) is 10.8. The maximum atomic E-state index is 5.25. The number of methoxy groups -OCH3 is 1. The minimum absolute atomic E-state index is 0.807. The number of hydrogen-bond donors (Lipinski definition) is 0. The van der Waals surface area contributed by atoms with Crippen molar-refractivity contribution in [2.45, 2.75) is 32.2 Å². The summed E-state index contributed by atoms with van der Waals surface area (Å²) in [6.07, 6.45) is 3.98. The molecule has 4 heteroatoms. The topological polar surface area (TPSA) is 19.0 Å². The zero-order chi connectivity index (χ0) is 16.1. The first kappa shape index (κ1) is 16.6. The Morgan fingerprint density at radius 2 is 1.61 bits per heavy atom. The highest BCUT2D eigenvalue weighted by molar-refractivity contribution is 5.49. The molecule has 2 fully saturated rings. The van der Waals surface area contributed by atoms with Gasteiger partial charge in [0, 0.05) is 37.9 Å². The van der Waals surface area contributed by atoms with Crippen LogP contribution in [0.2, 0.25) is 0 Å². The van der Waals surface area contributed by atoms with Gasteiger partial charge in [-0.05, 0) is 63.2 Å². The van der Waals surface area contributed by atoms with E-state index in [1.165, 1.54) is 57.7 Å². The van der Waals surface area contributed by atoms with Crippen LogP contribution in [0, 0.1) is 0 Å². The molecule has 0 bridgehead atoms. The zero-order valence-corrected chi connectivity index (χ0v) is 14.7. The average molecular weight is 317 g/mol. The van der Waals surface area contributed by atoms with Crippen LogP contribution in [-0.2, 0) is 0 Å². The molecule has 0 aromatic heterocycles. The third-order valence-electron chi connectivity index (χ3n) is 5.37. The molecule has 128 valence electrons. The normalized spacial score (nSPS) is 21.6. The van der Waals surface area contributed by atoms with Gasteiger partial charge in [-0.2, -0.15) is 0 Å². The van der Waals surface area contributed by atoms with E-state index in [4.69, 9.17) is 4.74 Å². The van der Waals surface area contributed by atoms with Gasteiger partial charge in [-0.25, -0.2) is 0 Å². The van der Waals surface area contributed by atoms with Crippen LogP contribution >= 0.6 is 0 Å². The lowest BCUT2D eigenvalue weighted by Gasteiger charge is -2.43. The molecule has 3 rings (SSSR count). The SMILES string of the molecule is CCCN1CCC(N2CCN(c3ccc(OC)cc3)CC2)CC1. The van der Waals surface area contributed by atoms with E-state index in [-0.39, 0.29) is 0 Å². The van der Waals surface area contributed by atoms with Gasteiger partial charge in [-0.3, -0.25) is 4.90 Å². The number of ether oxygens (including phenoxy) is 1. The summed E-state index contributed by atoms with van der Waals surface area (Å²) in [4.78, 5) is 7.86. The van der Waals surface area contributed by atoms with Crippen molar-refractivity contribution in [3.8, 4) is 5.75 Å². The molecule has 1 aromatic rings. The van der Waals surface area contributed by atoms with Crippen LogP contribution in [0.5, 0.6) is 5.75 Å². The largest absolute Gasteiger partial charge is 0.497 e. The van der Waals surface area contributed by atoms with Gasteiger partial charge < -0.3 is 14.5 Å². The number of nitrogens with zero attached hydrogens (tertiary/aromatic N) is 3. The fraction of sp³-hybridized carbons (Fsp3) is 0.684. The first-order valence-electron chi connectivity index (χ1n) is 9.15. The van der Waals surface area contributed by atoms with Crippen molar-refractivity contribution in [2.24, 2.45) is 0 Å². The Labute approximate surface area is 141 Å². The number of hydrogen-bond acceptors (Lipinski definition) is 4. The van der Waals surface area contributed by atoms with Crippen molar-refractivity contribution in [1.82, 2.24) is 9.80 Å². The molecule has 23 heavy (non-hydrogen) atoms. The van der Waals surface area contributed by atoms with Crippen LogP contribution < -0.4 is 9.64 Å². The second-order valence-corrected chi connectivity index (χ2v) is 6.79. The highest BCUT2D eigenvalue weighted by Gasteiger charge is 2.27. The van der Waals surface area contributed by atoms with Crippen LogP contribution in [0.3, 0.4) is 0 Å². The lowest BCUT2D eigenvalue weighted by Crippen LogP contribution is -2.53. The van der Waals surface area contributed by atoms with Gasteiger partial charge in [0.1, 0.15) is 5.75 Å². The van der Waals surface area contributed by atoms with E-state index in [1.54, 1.807) is 7.11 Å². The second-order valence-electron chi connectivity index (χ2n) is 6.79. The Bertz CT molecular complexity index is 460. The summed E-state index contributed by atoms with van der Waals surface area (Å²) in [5.74, 6) is 0.936. The fourth-order valence-electron chi connectivity index (χ4n) is 3.96. The van der Waals surface area contributed by atoms with Gasteiger partial charge in [0.15, 0.2) is 0 Å². The van der Waals surface area contributed by atoms with Crippen LogP contribution in [0.4, 0.5) is 5.69 Å². The Morgan fingerprint density at radius 1 is 0.957 bits per heavy atom. The highest BCUT2D eigenvalue weighted by Crippen LogP contribution is 2.23. The average Bonchev–Trinajstić information content (AvgIpc) is 2.63. The Morgan fingerprint density at radius 3 is 2.17 bits per heavy atom. The Kier molecular flexibility index (Phi) is 5.79. The molecule has 2 aliphatic heterocycles. The van der Waals surface area contributed by atoms with Gasteiger partial charge in [0.2, 0.25) is 0 Å². The quantitative estimate of drug-likeness (QED) is 0.831. The lowest BCUT2D eigenvalue weighted by atomic mass is 10.0. The summed E-state index contributed by atoms with van der Waals surface area (Å²) >= 11 is 0. The third kappa shape index (κ3) is 4.18. The molecular formula is C19H31N3O. The fourth-order valence-corrected chi connectivity index (χ4v) is 3.96. The molecule has 0 aliphatic carbocycles. The summed E-state index contributed by atoms with van der Waals surface area (Å²) in [7, 11) is 1.72. The smallest absolute Gasteiger partial charge is 0.119 e. The molecule has 0 radical (unpaired) electrons. The standard InChI is InChI=1S/C19H31N3O/c1-3-10-20-11-8-18(9-12-20)22-15-13-21(14-16-22)17-4-6-19(23-2)7-5-17/h4-7,18H,3,8-16H2,1-2H3. The van der Waals surface area contributed by atoms with Gasteiger partial charge in [0.05, 0.1) is 7.11 Å². The molecule has 0 saturated carbocycles. The van der Waals surface area contributed by atoms with Crippen molar-refractivity contribution < 1.29 is 4.74 Å². The van der Waals surface area contributed by atoms with E-state index in [0.29, 0.717) is 0 Å². The molecule has 1 aromatic carbocycles. The molecule has 0 spiro atoms. The third-order valence-corrected chi connectivity index (χ3v) is 5.37. The van der Waals surface area contributed by atoms with Crippen LogP contribution in [0.15, 0.2) is 24.3 Å². The number of likely N-dealkylation sites (tertiary alicyclic amines) is 1. The monoisotopic (exact) mass is 317 g/mol. The van der Waals surface area contributed by atoms with E-state index in [0.717, 1.165) is 24.9 Å². The summed E-state index contributed by atoms with van der Waals surface area (Å²) in [5.41, 5.74) is 1.32. The molecule has 0 unspecified atom stereocenters. The molecular weight excluding hydrogens is 286 g/mol. The second kappa shape index (κ2) is 8.02. The molecule has 2 heterocycles. The number of piperidine rings is 1. The van der Waals surface area contributed by atoms with Gasteiger partial charge in [0.25, 0.3) is 0 Å². The lowest BCUT2D eigenvalue weighted by molar-refractivity contribution is 0.103. The van der Waals surface area contributed by atoms with Crippen molar-refractivity contribution >= 4 is 5.69 Å². The van der Waals surface area contributed by atoms with E-state index < -0.39 is 0 Å². The van der Waals surface area contributed by atoms with Crippen molar-refractivity contribution in [2.75, 3.05) is 57.8 Å². The summed E-state index contributed by atoms with van der Waals surface area (Å²) in [6, 6.07) is 9.28. The minimum Gasteiger partial charge on any atom is -0.497 e. The first-order chi connectivity index (χ1) is 11.3. The van der Waals surface area contributed by atoms with Crippen LogP contribution in [-0.4, -0.2) is 68.8 Å². The van der Waals surface area contributed by atoms with Gasteiger partial charge in [-0.15, -0.1) is 0 Å². The first-order valence-corrected chi connectivity index (χ1v) is 9.15. The number of anilines is 1. The van der Waals surface area contributed by atoms with Gasteiger partial charge in [-0.1, -0.05) is 6.92 Å². The van der Waals surface area contributed by atoms with Crippen LogP contribution in [0.25, 0.3) is 0 Å². The summed E-state index contributed by atoms with van der Waals surface area (Å²) < 4.78 is 5.25. The Balaban J connectivity index is 1.46. The van der Waals surface area contributed by atoms with E-state index in [1.807, 2.05) is 0 Å². The zero-order valence-electron chi connectivity index (χ0n) is 14.7. The minimum atomic E-state index is 0.807. The van der Waals surface area contributed by atoms with Crippen molar-refractivity contribution in [3.05, 3.63) is 24.3 Å². The number of rotatable bonds is 5. The maximum Gasteiger partial charge on any atom is 0.119 e. The van der Waals surface area contributed by atoms with E-state index in [2.05, 4.69) is 45.9 Å². The van der Waals surface area contributed by atoms with Gasteiger partial charge >= 0.3 is 0 Å². The molecule has 0 atom stereocenters. The molecule has 0 N–H and O–H groups in total. The van der Waals surface area contributed by atoms with Crippen LogP contribution in [0.1, 0.15) is 26.2 Å². The summed E-state index contributed by atoms with van der Waals surface area (Å²) in [5, 5.41) is 0.